The van der Waals surface area contributed by atoms with Gasteiger partial charge in [-0.2, -0.15) is 0 Å². The van der Waals surface area contributed by atoms with Gasteiger partial charge in [0.1, 0.15) is 0 Å². The van der Waals surface area contributed by atoms with E-state index < -0.39 is 11.5 Å². The predicted octanol–water partition coefficient (Wildman–Crippen LogP) is 1.90. The summed E-state index contributed by atoms with van der Waals surface area (Å²) in [4.78, 5) is 23.5. The maximum Gasteiger partial charge on any atom is 0.334 e. The van der Waals surface area contributed by atoms with Gasteiger partial charge in [0.05, 0.1) is 0 Å². The number of aliphatic carboxylic acids is 1. The Morgan fingerprint density at radius 2 is 1.94 bits per heavy atom. The third kappa shape index (κ3) is 2.23. The van der Waals surface area contributed by atoms with E-state index in [-0.39, 0.29) is 11.8 Å². The molecule has 0 radical (unpaired) electrons. The first-order chi connectivity index (χ1) is 8.60. The van der Waals surface area contributed by atoms with Crippen LogP contribution >= 0.6 is 0 Å². The highest BCUT2D eigenvalue weighted by atomic mass is 16.4. The second-order valence-electron chi connectivity index (χ2n) is 4.69. The number of hydrogen-bond acceptors (Lipinski definition) is 2. The van der Waals surface area contributed by atoms with Crippen LogP contribution in [-0.2, 0) is 15.1 Å². The molecule has 1 saturated carbocycles. The van der Waals surface area contributed by atoms with Crippen LogP contribution in [0.3, 0.4) is 0 Å². The van der Waals surface area contributed by atoms with Crippen LogP contribution in [0.1, 0.15) is 31.7 Å². The summed E-state index contributed by atoms with van der Waals surface area (Å²) in [5, 5.41) is 12.2. The minimum Gasteiger partial charge on any atom is -0.479 e. The highest BCUT2D eigenvalue weighted by Gasteiger charge is 2.43. The van der Waals surface area contributed by atoms with E-state index in [0.29, 0.717) is 12.0 Å². The van der Waals surface area contributed by atoms with Crippen molar-refractivity contribution >= 4 is 11.9 Å². The number of rotatable bonds is 5. The predicted molar refractivity (Wildman–Crippen MR) is 66.9 cm³/mol. The van der Waals surface area contributed by atoms with Gasteiger partial charge in [-0.15, -0.1) is 0 Å². The topological polar surface area (TPSA) is 66.4 Å². The zero-order valence-electron chi connectivity index (χ0n) is 10.3. The van der Waals surface area contributed by atoms with E-state index in [9.17, 15) is 14.7 Å². The van der Waals surface area contributed by atoms with E-state index in [2.05, 4.69) is 5.32 Å². The molecule has 0 aromatic heterocycles. The molecule has 1 aromatic carbocycles. The molecule has 96 valence electrons. The van der Waals surface area contributed by atoms with Gasteiger partial charge >= 0.3 is 5.97 Å². The number of hydrogen-bond donors (Lipinski definition) is 2. The summed E-state index contributed by atoms with van der Waals surface area (Å²) in [6, 6.07) is 8.88. The molecule has 4 nitrogen and oxygen atoms in total. The van der Waals surface area contributed by atoms with Gasteiger partial charge in [0.15, 0.2) is 5.54 Å². The molecule has 0 heterocycles. The highest BCUT2D eigenvalue weighted by Crippen LogP contribution is 2.32. The van der Waals surface area contributed by atoms with Crippen LogP contribution in [0.25, 0.3) is 0 Å². The summed E-state index contributed by atoms with van der Waals surface area (Å²) in [7, 11) is 0. The van der Waals surface area contributed by atoms with E-state index in [4.69, 9.17) is 0 Å². The van der Waals surface area contributed by atoms with Gasteiger partial charge < -0.3 is 10.4 Å². The smallest absolute Gasteiger partial charge is 0.334 e. The Hall–Kier alpha value is -1.84. The molecular weight excluding hydrogens is 230 g/mol. The van der Waals surface area contributed by atoms with E-state index in [1.165, 1.54) is 0 Å². The van der Waals surface area contributed by atoms with Gasteiger partial charge in [0.25, 0.3) is 0 Å². The van der Waals surface area contributed by atoms with Gasteiger partial charge in [-0.3, -0.25) is 4.79 Å². The molecule has 1 fully saturated rings. The van der Waals surface area contributed by atoms with E-state index in [1.807, 2.05) is 6.07 Å². The monoisotopic (exact) mass is 247 g/mol. The first kappa shape index (κ1) is 12.6. The van der Waals surface area contributed by atoms with Gasteiger partial charge in [-0.1, -0.05) is 37.3 Å². The lowest BCUT2D eigenvalue weighted by Gasteiger charge is -2.30. The van der Waals surface area contributed by atoms with Crippen LogP contribution in [0.4, 0.5) is 0 Å². The van der Waals surface area contributed by atoms with Crippen molar-refractivity contribution in [3.05, 3.63) is 35.9 Å². The summed E-state index contributed by atoms with van der Waals surface area (Å²) in [6.07, 6.45) is 2.05. The summed E-state index contributed by atoms with van der Waals surface area (Å²) in [5.41, 5.74) is -0.685. The number of carbonyl (C=O) groups excluding carboxylic acids is 1. The lowest BCUT2D eigenvalue weighted by molar-refractivity contribution is -0.148. The van der Waals surface area contributed by atoms with E-state index in [0.717, 1.165) is 12.8 Å². The first-order valence-corrected chi connectivity index (χ1v) is 6.21. The maximum absolute atomic E-state index is 11.9. The normalized spacial score (nSPS) is 17.8. The molecule has 1 atom stereocenters. The zero-order chi connectivity index (χ0) is 13.2. The molecule has 2 N–H and O–H groups in total. The molecule has 1 aliphatic carbocycles. The lowest BCUT2D eigenvalue weighted by atomic mass is 9.87. The number of carbonyl (C=O) groups is 2. The Morgan fingerprint density at radius 3 is 2.39 bits per heavy atom. The number of nitrogens with one attached hydrogen (secondary N) is 1. The third-order valence-corrected chi connectivity index (χ3v) is 3.45. The Bertz CT molecular complexity index is 453. The Kier molecular flexibility index (Phi) is 3.36. The second kappa shape index (κ2) is 4.80. The average molecular weight is 247 g/mol. The van der Waals surface area contributed by atoms with Gasteiger partial charge in [-0.25, -0.2) is 4.79 Å². The maximum atomic E-state index is 11.9. The van der Waals surface area contributed by atoms with Crippen LogP contribution in [0, 0.1) is 5.92 Å². The summed E-state index contributed by atoms with van der Waals surface area (Å²) in [5.74, 6) is -1.16. The van der Waals surface area contributed by atoms with Gasteiger partial charge in [0.2, 0.25) is 5.91 Å². The number of carboxylic acids is 1. The fourth-order valence-electron chi connectivity index (χ4n) is 2.07. The molecule has 2 rings (SSSR count). The Balaban J connectivity index is 2.33. The number of carboxylic acid groups (broad SMARTS) is 1. The van der Waals surface area contributed by atoms with Crippen molar-refractivity contribution in [1.29, 1.82) is 0 Å². The van der Waals surface area contributed by atoms with E-state index in [1.54, 1.807) is 31.2 Å². The van der Waals surface area contributed by atoms with Crippen LogP contribution in [0.5, 0.6) is 0 Å². The molecule has 4 heteroatoms. The molecule has 1 aliphatic rings. The van der Waals surface area contributed by atoms with Crippen molar-refractivity contribution in [3.8, 4) is 0 Å². The first-order valence-electron chi connectivity index (χ1n) is 6.21. The fourth-order valence-corrected chi connectivity index (χ4v) is 2.07. The van der Waals surface area contributed by atoms with Gasteiger partial charge in [0, 0.05) is 5.92 Å². The Labute approximate surface area is 106 Å². The summed E-state index contributed by atoms with van der Waals surface area (Å²) < 4.78 is 0. The fraction of sp³-hybridized carbons (Fsp3) is 0.429. The standard InChI is InChI=1S/C14H17NO3/c1-2-14(13(17)18,11-6-4-3-5-7-11)15-12(16)10-8-9-10/h3-7,10H,2,8-9H2,1H3,(H,15,16)(H,17,18). The lowest BCUT2D eigenvalue weighted by Crippen LogP contribution is -2.52. The van der Waals surface area contributed by atoms with Crippen molar-refractivity contribution in [2.45, 2.75) is 31.7 Å². The van der Waals surface area contributed by atoms with Gasteiger partial charge in [-0.05, 0) is 24.8 Å². The highest BCUT2D eigenvalue weighted by molar-refractivity contribution is 5.90. The molecule has 1 amide bonds. The molecule has 0 spiro atoms. The molecule has 0 aliphatic heterocycles. The molecule has 0 bridgehead atoms. The van der Waals surface area contributed by atoms with Crippen LogP contribution in [-0.4, -0.2) is 17.0 Å². The zero-order valence-corrected chi connectivity index (χ0v) is 10.3. The largest absolute Gasteiger partial charge is 0.479 e. The van der Waals surface area contributed by atoms with E-state index >= 15 is 0 Å². The minimum absolute atomic E-state index is 0.000938. The third-order valence-electron chi connectivity index (χ3n) is 3.45. The minimum atomic E-state index is -1.30. The summed E-state index contributed by atoms with van der Waals surface area (Å²) >= 11 is 0. The van der Waals surface area contributed by atoms with Crippen molar-refractivity contribution in [1.82, 2.24) is 5.32 Å². The molecule has 1 unspecified atom stereocenters. The molecule has 1 aromatic rings. The van der Waals surface area contributed by atoms with Crippen molar-refractivity contribution < 1.29 is 14.7 Å². The summed E-state index contributed by atoms with van der Waals surface area (Å²) in [6.45, 7) is 1.77. The molecule has 0 saturated heterocycles. The van der Waals surface area contributed by atoms with Crippen LogP contribution < -0.4 is 5.32 Å². The second-order valence-corrected chi connectivity index (χ2v) is 4.69. The van der Waals surface area contributed by atoms with Crippen molar-refractivity contribution in [2.75, 3.05) is 0 Å². The Morgan fingerprint density at radius 1 is 1.33 bits per heavy atom. The molecule has 18 heavy (non-hydrogen) atoms. The van der Waals surface area contributed by atoms with Crippen molar-refractivity contribution in [2.24, 2.45) is 5.92 Å². The average Bonchev–Trinajstić information content (AvgIpc) is 3.20. The van der Waals surface area contributed by atoms with Crippen LogP contribution in [0.2, 0.25) is 0 Å². The number of amides is 1. The molecular formula is C14H17NO3. The SMILES string of the molecule is CCC(NC(=O)C1CC1)(C(=O)O)c1ccccc1. The van der Waals surface area contributed by atoms with Crippen LogP contribution in [0.15, 0.2) is 30.3 Å². The number of benzene rings is 1. The van der Waals surface area contributed by atoms with Crippen molar-refractivity contribution in [3.63, 3.8) is 0 Å². The quantitative estimate of drug-likeness (QED) is 0.835.